The molecular formula is C15H17BrF4. The van der Waals surface area contributed by atoms with Gasteiger partial charge in [-0.2, -0.15) is 13.2 Å². The van der Waals surface area contributed by atoms with Gasteiger partial charge in [0.05, 0.1) is 5.92 Å². The molecule has 0 amide bonds. The predicted molar refractivity (Wildman–Crippen MR) is 74.3 cm³/mol. The molecule has 0 nitrogen and oxygen atoms in total. The Morgan fingerprint density at radius 2 is 1.70 bits per heavy atom. The molecule has 1 aromatic rings. The first-order chi connectivity index (χ1) is 9.38. The summed E-state index contributed by atoms with van der Waals surface area (Å²) in [6, 6.07) is 5.96. The summed E-state index contributed by atoms with van der Waals surface area (Å²) in [7, 11) is 0. The van der Waals surface area contributed by atoms with Crippen molar-refractivity contribution >= 4 is 15.9 Å². The largest absolute Gasteiger partial charge is 0.392 e. The lowest BCUT2D eigenvalue weighted by molar-refractivity contribution is -0.196. The summed E-state index contributed by atoms with van der Waals surface area (Å²) in [6.07, 6.45) is -1.31. The van der Waals surface area contributed by atoms with E-state index >= 15 is 0 Å². The summed E-state index contributed by atoms with van der Waals surface area (Å²) >= 11 is 3.43. The van der Waals surface area contributed by atoms with Gasteiger partial charge in [-0.25, -0.2) is 4.39 Å². The summed E-state index contributed by atoms with van der Waals surface area (Å²) in [5.74, 6) is -1.94. The minimum atomic E-state index is -4.13. The summed E-state index contributed by atoms with van der Waals surface area (Å²) in [4.78, 5) is -0.222. The highest BCUT2D eigenvalue weighted by Crippen LogP contribution is 2.45. The Kier molecular flexibility index (Phi) is 5.10. The zero-order chi connectivity index (χ0) is 14.8. The van der Waals surface area contributed by atoms with E-state index < -0.39 is 18.0 Å². The third-order valence-electron chi connectivity index (χ3n) is 4.05. The quantitative estimate of drug-likeness (QED) is 0.497. The first-order valence-electron chi connectivity index (χ1n) is 6.83. The first-order valence-corrected chi connectivity index (χ1v) is 7.74. The van der Waals surface area contributed by atoms with Gasteiger partial charge in [0.1, 0.15) is 5.82 Å². The van der Waals surface area contributed by atoms with Crippen LogP contribution in [0.2, 0.25) is 0 Å². The molecule has 1 aromatic carbocycles. The van der Waals surface area contributed by atoms with E-state index in [0.29, 0.717) is 19.3 Å². The van der Waals surface area contributed by atoms with Crippen LogP contribution >= 0.6 is 15.9 Å². The molecule has 0 N–H and O–H groups in total. The monoisotopic (exact) mass is 352 g/mol. The van der Waals surface area contributed by atoms with E-state index in [1.54, 1.807) is 12.1 Å². The van der Waals surface area contributed by atoms with E-state index in [1.165, 1.54) is 12.1 Å². The van der Waals surface area contributed by atoms with Crippen molar-refractivity contribution in [3.63, 3.8) is 0 Å². The second-order valence-electron chi connectivity index (χ2n) is 5.44. The van der Waals surface area contributed by atoms with Crippen LogP contribution in [0.5, 0.6) is 0 Å². The number of alkyl halides is 4. The molecule has 112 valence electrons. The molecule has 0 aliphatic heterocycles. The average Bonchev–Trinajstić information content (AvgIpc) is 2.40. The van der Waals surface area contributed by atoms with Crippen LogP contribution in [0.25, 0.3) is 0 Å². The fraction of sp³-hybridized carbons (Fsp3) is 0.600. The highest BCUT2D eigenvalue weighted by Gasteiger charge is 2.47. The van der Waals surface area contributed by atoms with Gasteiger partial charge in [0, 0.05) is 4.83 Å². The molecule has 3 unspecified atom stereocenters. The average molecular weight is 353 g/mol. The smallest absolute Gasteiger partial charge is 0.207 e. The number of hydrogen-bond donors (Lipinski definition) is 0. The number of benzene rings is 1. The van der Waals surface area contributed by atoms with Gasteiger partial charge in [-0.3, -0.25) is 0 Å². The van der Waals surface area contributed by atoms with Crippen molar-refractivity contribution in [1.29, 1.82) is 0 Å². The van der Waals surface area contributed by atoms with Crippen molar-refractivity contribution < 1.29 is 17.6 Å². The first kappa shape index (κ1) is 15.8. The molecule has 0 aromatic heterocycles. The number of hydrogen-bond acceptors (Lipinski definition) is 0. The Balaban J connectivity index is 2.06. The van der Waals surface area contributed by atoms with Crippen molar-refractivity contribution in [2.45, 2.75) is 43.1 Å². The van der Waals surface area contributed by atoms with E-state index in [2.05, 4.69) is 15.9 Å². The maximum absolute atomic E-state index is 13.1. The lowest BCUT2D eigenvalue weighted by Crippen LogP contribution is -2.38. The minimum absolute atomic E-state index is 0.222. The second-order valence-corrected chi connectivity index (χ2v) is 6.62. The maximum atomic E-state index is 13.1. The van der Waals surface area contributed by atoms with Crippen molar-refractivity contribution in [1.82, 2.24) is 0 Å². The number of rotatable bonds is 3. The summed E-state index contributed by atoms with van der Waals surface area (Å²) in [5.41, 5.74) is 0.861. The molecule has 2 rings (SSSR count). The lowest BCUT2D eigenvalue weighted by Gasteiger charge is -2.36. The van der Waals surface area contributed by atoms with Crippen molar-refractivity contribution in [2.24, 2.45) is 11.8 Å². The molecule has 1 aliphatic rings. The van der Waals surface area contributed by atoms with Crippen LogP contribution in [0.15, 0.2) is 24.3 Å². The standard InChI is InChI=1S/C15H17BrF4/c16-14(9-10-5-7-11(17)8-6-10)12-3-1-2-4-13(12)15(18,19)20/h5-8,12-14H,1-4,9H2. The molecular weight excluding hydrogens is 336 g/mol. The fourth-order valence-corrected chi connectivity index (χ4v) is 4.00. The lowest BCUT2D eigenvalue weighted by atomic mass is 9.76. The zero-order valence-electron chi connectivity index (χ0n) is 11.0. The maximum Gasteiger partial charge on any atom is 0.392 e. The predicted octanol–water partition coefficient (Wildman–Crippen LogP) is 5.50. The third kappa shape index (κ3) is 3.96. The van der Waals surface area contributed by atoms with Crippen LogP contribution in [0.4, 0.5) is 17.6 Å². The Labute approximate surface area is 124 Å². The summed E-state index contributed by atoms with van der Waals surface area (Å²) in [5, 5.41) is 0. The molecule has 0 saturated heterocycles. The van der Waals surface area contributed by atoms with Crippen LogP contribution in [-0.4, -0.2) is 11.0 Å². The van der Waals surface area contributed by atoms with Crippen molar-refractivity contribution in [3.8, 4) is 0 Å². The van der Waals surface area contributed by atoms with Gasteiger partial charge in [0.15, 0.2) is 0 Å². The van der Waals surface area contributed by atoms with Crippen LogP contribution in [-0.2, 0) is 6.42 Å². The van der Waals surface area contributed by atoms with Crippen molar-refractivity contribution in [3.05, 3.63) is 35.6 Å². The summed E-state index contributed by atoms with van der Waals surface area (Å²) in [6.45, 7) is 0. The normalized spacial score (nSPS) is 25.4. The van der Waals surface area contributed by atoms with E-state index in [0.717, 1.165) is 12.0 Å². The molecule has 0 heterocycles. The summed E-state index contributed by atoms with van der Waals surface area (Å²) < 4.78 is 52.1. The van der Waals surface area contributed by atoms with Gasteiger partial charge in [-0.15, -0.1) is 0 Å². The molecule has 5 heteroatoms. The Morgan fingerprint density at radius 1 is 1.10 bits per heavy atom. The Bertz CT molecular complexity index is 426. The van der Waals surface area contributed by atoms with Crippen LogP contribution < -0.4 is 0 Å². The van der Waals surface area contributed by atoms with Crippen molar-refractivity contribution in [2.75, 3.05) is 0 Å². The zero-order valence-corrected chi connectivity index (χ0v) is 12.6. The van der Waals surface area contributed by atoms with Crippen LogP contribution in [0.1, 0.15) is 31.2 Å². The Morgan fingerprint density at radius 3 is 2.30 bits per heavy atom. The molecule has 1 aliphatic carbocycles. The minimum Gasteiger partial charge on any atom is -0.207 e. The highest BCUT2D eigenvalue weighted by atomic mass is 79.9. The molecule has 0 spiro atoms. The Hall–Kier alpha value is -0.580. The van der Waals surface area contributed by atoms with Gasteiger partial charge >= 0.3 is 6.18 Å². The van der Waals surface area contributed by atoms with Gasteiger partial charge < -0.3 is 0 Å². The molecule has 3 atom stereocenters. The van der Waals surface area contributed by atoms with Crippen LogP contribution in [0, 0.1) is 17.7 Å². The van der Waals surface area contributed by atoms with E-state index in [9.17, 15) is 17.6 Å². The van der Waals surface area contributed by atoms with Crippen LogP contribution in [0.3, 0.4) is 0 Å². The second kappa shape index (κ2) is 6.46. The number of halogens is 5. The molecule has 20 heavy (non-hydrogen) atoms. The van der Waals surface area contributed by atoms with E-state index in [-0.39, 0.29) is 17.1 Å². The fourth-order valence-electron chi connectivity index (χ4n) is 3.00. The topological polar surface area (TPSA) is 0 Å². The van der Waals surface area contributed by atoms with E-state index in [4.69, 9.17) is 0 Å². The molecule has 1 saturated carbocycles. The van der Waals surface area contributed by atoms with Gasteiger partial charge in [0.25, 0.3) is 0 Å². The SMILES string of the molecule is Fc1ccc(CC(Br)C2CCCCC2C(F)(F)F)cc1. The molecule has 0 bridgehead atoms. The van der Waals surface area contributed by atoms with Gasteiger partial charge in [-0.05, 0) is 42.9 Å². The highest BCUT2D eigenvalue weighted by molar-refractivity contribution is 9.09. The third-order valence-corrected chi connectivity index (χ3v) is 5.05. The molecule has 1 fully saturated rings. The van der Waals surface area contributed by atoms with Gasteiger partial charge in [0.2, 0.25) is 0 Å². The van der Waals surface area contributed by atoms with Gasteiger partial charge in [-0.1, -0.05) is 40.9 Å². The molecule has 0 radical (unpaired) electrons. The van der Waals surface area contributed by atoms with E-state index in [1.807, 2.05) is 0 Å².